The van der Waals surface area contributed by atoms with Gasteiger partial charge < -0.3 is 24.6 Å². The van der Waals surface area contributed by atoms with Gasteiger partial charge in [0, 0.05) is 41.5 Å². The third-order valence-corrected chi connectivity index (χ3v) is 8.56. The minimum absolute atomic E-state index is 0.00434. The third-order valence-electron chi connectivity index (χ3n) is 8.56. The number of aromatic nitrogens is 3. The largest absolute Gasteiger partial charge is 0.508 e. The summed E-state index contributed by atoms with van der Waals surface area (Å²) in [5.41, 5.74) is 2.36. The Morgan fingerprint density at radius 1 is 1.07 bits per heavy atom. The van der Waals surface area contributed by atoms with E-state index in [1.807, 2.05) is 13.8 Å². The lowest BCUT2D eigenvalue weighted by Gasteiger charge is -2.21. The normalized spacial score (nSPS) is 19.1. The van der Waals surface area contributed by atoms with Crippen molar-refractivity contribution >= 4 is 32.6 Å². The summed E-state index contributed by atoms with van der Waals surface area (Å²) in [5, 5.41) is 16.3. The molecular formula is C33H37F2N5O2. The highest BCUT2D eigenvalue weighted by Gasteiger charge is 2.27. The van der Waals surface area contributed by atoms with E-state index in [-0.39, 0.29) is 29.0 Å². The number of aromatic hydroxyl groups is 1. The zero-order valence-corrected chi connectivity index (χ0v) is 24.5. The van der Waals surface area contributed by atoms with Crippen LogP contribution in [-0.2, 0) is 0 Å². The molecule has 5 aromatic rings. The van der Waals surface area contributed by atoms with Crippen LogP contribution in [0.2, 0.25) is 0 Å². The van der Waals surface area contributed by atoms with Gasteiger partial charge in [-0.05, 0) is 87.4 Å². The van der Waals surface area contributed by atoms with E-state index in [0.29, 0.717) is 34.2 Å². The number of aryl methyl sites for hydroxylation is 1. The number of phenolic OH excluding ortho intramolecular Hbond substituents is 1. The standard InChI is InChI=1S/C31H31F2N5O2.C2H6/c1-17-10-25-30(38(17)20-7-8-34-14-20)26-15-35-28(24-13-22(39)11-18-5-6-19(32)12-23(18)24)27(33)29(26)36-31(25)40-16-21-4-3-9-37(21)2;1-2/h5-6,10-13,15,20-21,34,39H,3-4,7-9,14,16H2,1-2H3;1-2H3. The number of likely N-dealkylation sites (N-methyl/N-ethyl adjacent to an activating group) is 1. The summed E-state index contributed by atoms with van der Waals surface area (Å²) in [6, 6.07) is 9.72. The summed E-state index contributed by atoms with van der Waals surface area (Å²) in [7, 11) is 2.10. The van der Waals surface area contributed by atoms with E-state index >= 15 is 4.39 Å². The number of pyridine rings is 2. The van der Waals surface area contributed by atoms with E-state index in [4.69, 9.17) is 9.72 Å². The maximum Gasteiger partial charge on any atom is 0.223 e. The fourth-order valence-electron chi connectivity index (χ4n) is 6.52. The molecule has 5 heterocycles. The van der Waals surface area contributed by atoms with Crippen LogP contribution in [0, 0.1) is 18.6 Å². The van der Waals surface area contributed by atoms with Gasteiger partial charge in [-0.3, -0.25) is 4.98 Å². The van der Waals surface area contributed by atoms with E-state index in [0.717, 1.165) is 55.5 Å². The van der Waals surface area contributed by atoms with Crippen LogP contribution in [0.25, 0.3) is 43.8 Å². The molecule has 7 rings (SSSR count). The van der Waals surface area contributed by atoms with Crippen molar-refractivity contribution in [3.63, 3.8) is 0 Å². The average molecular weight is 574 g/mol. The molecule has 0 radical (unpaired) electrons. The predicted octanol–water partition coefficient (Wildman–Crippen LogP) is 6.73. The lowest BCUT2D eigenvalue weighted by Crippen LogP contribution is -2.30. The SMILES string of the molecule is CC.Cc1cc2c(OCC3CCCN3C)nc3c(F)c(-c4cc(O)cc5ccc(F)cc45)ncc3c2n1C1CCNC1. The van der Waals surface area contributed by atoms with Crippen LogP contribution >= 0.6 is 0 Å². The molecular weight excluding hydrogens is 536 g/mol. The van der Waals surface area contributed by atoms with Gasteiger partial charge in [0.25, 0.3) is 0 Å². The van der Waals surface area contributed by atoms with Crippen LogP contribution in [0.15, 0.2) is 42.6 Å². The first-order valence-electron chi connectivity index (χ1n) is 14.8. The van der Waals surface area contributed by atoms with Gasteiger partial charge in [0.05, 0.1) is 10.9 Å². The Bertz CT molecular complexity index is 1780. The fourth-order valence-corrected chi connectivity index (χ4v) is 6.52. The Balaban J connectivity index is 0.00000155. The van der Waals surface area contributed by atoms with Crippen LogP contribution < -0.4 is 10.1 Å². The second-order valence-electron chi connectivity index (χ2n) is 11.1. The van der Waals surface area contributed by atoms with Crippen molar-refractivity contribution < 1.29 is 18.6 Å². The number of likely N-dealkylation sites (tertiary alicyclic amines) is 1. The van der Waals surface area contributed by atoms with Crippen LogP contribution in [0.5, 0.6) is 11.6 Å². The summed E-state index contributed by atoms with van der Waals surface area (Å²) >= 11 is 0. The molecule has 2 N–H and O–H groups in total. The number of fused-ring (bicyclic) bond motifs is 4. The van der Waals surface area contributed by atoms with E-state index in [2.05, 4.69) is 39.8 Å². The molecule has 42 heavy (non-hydrogen) atoms. The first kappa shape index (κ1) is 28.3. The molecule has 0 bridgehead atoms. The summed E-state index contributed by atoms with van der Waals surface area (Å²) in [6.07, 6.45) is 4.78. The number of rotatable bonds is 5. The number of phenols is 1. The molecule has 0 saturated carbocycles. The minimum Gasteiger partial charge on any atom is -0.508 e. The number of hydrogen-bond acceptors (Lipinski definition) is 6. The predicted molar refractivity (Wildman–Crippen MR) is 163 cm³/mol. The van der Waals surface area contributed by atoms with Gasteiger partial charge in [-0.25, -0.2) is 13.8 Å². The van der Waals surface area contributed by atoms with Gasteiger partial charge in [-0.15, -0.1) is 0 Å². The molecule has 220 valence electrons. The van der Waals surface area contributed by atoms with E-state index in [1.165, 1.54) is 24.3 Å². The quantitative estimate of drug-likeness (QED) is 0.243. The van der Waals surface area contributed by atoms with Crippen molar-refractivity contribution in [2.45, 2.75) is 52.1 Å². The van der Waals surface area contributed by atoms with Gasteiger partial charge in [-0.1, -0.05) is 19.9 Å². The summed E-state index contributed by atoms with van der Waals surface area (Å²) < 4.78 is 39.4. The highest BCUT2D eigenvalue weighted by Crippen LogP contribution is 2.40. The highest BCUT2D eigenvalue weighted by atomic mass is 19.1. The first-order valence-corrected chi connectivity index (χ1v) is 14.8. The number of halogens is 2. The maximum absolute atomic E-state index is 16.6. The van der Waals surface area contributed by atoms with Gasteiger partial charge in [-0.2, -0.15) is 0 Å². The van der Waals surface area contributed by atoms with Crippen LogP contribution in [0.4, 0.5) is 8.78 Å². The van der Waals surface area contributed by atoms with Crippen molar-refractivity contribution in [2.75, 3.05) is 33.3 Å². The summed E-state index contributed by atoms with van der Waals surface area (Å²) in [4.78, 5) is 11.6. The minimum atomic E-state index is -0.631. The molecule has 3 aromatic heterocycles. The van der Waals surface area contributed by atoms with Gasteiger partial charge in [0.1, 0.15) is 29.4 Å². The van der Waals surface area contributed by atoms with Crippen molar-refractivity contribution in [1.29, 1.82) is 0 Å². The van der Waals surface area contributed by atoms with Crippen molar-refractivity contribution in [3.8, 4) is 22.9 Å². The molecule has 2 aromatic carbocycles. The average Bonchev–Trinajstić information content (AvgIpc) is 3.73. The summed E-state index contributed by atoms with van der Waals surface area (Å²) in [5.74, 6) is -0.736. The van der Waals surface area contributed by atoms with Crippen molar-refractivity contribution in [2.24, 2.45) is 0 Å². The summed E-state index contributed by atoms with van der Waals surface area (Å²) in [6.45, 7) is 9.30. The van der Waals surface area contributed by atoms with Crippen LogP contribution in [0.3, 0.4) is 0 Å². The number of ether oxygens (including phenoxy) is 1. The lowest BCUT2D eigenvalue weighted by atomic mass is 10.00. The number of benzene rings is 2. The van der Waals surface area contributed by atoms with E-state index in [1.54, 1.807) is 12.3 Å². The fraction of sp³-hybridized carbons (Fsp3) is 0.394. The Hall–Kier alpha value is -3.82. The number of nitrogens with zero attached hydrogens (tertiary/aromatic N) is 4. The highest BCUT2D eigenvalue weighted by molar-refractivity contribution is 6.08. The molecule has 2 aliphatic rings. The molecule has 9 heteroatoms. The molecule has 0 spiro atoms. The van der Waals surface area contributed by atoms with Crippen molar-refractivity contribution in [1.82, 2.24) is 24.8 Å². The molecule has 2 fully saturated rings. The number of hydrogen-bond donors (Lipinski definition) is 2. The second-order valence-corrected chi connectivity index (χ2v) is 11.1. The Morgan fingerprint density at radius 3 is 2.64 bits per heavy atom. The molecule has 2 saturated heterocycles. The Labute approximate surface area is 244 Å². The smallest absolute Gasteiger partial charge is 0.223 e. The molecule has 2 atom stereocenters. The third kappa shape index (κ3) is 4.84. The molecule has 0 aliphatic carbocycles. The maximum atomic E-state index is 16.6. The van der Waals surface area contributed by atoms with Crippen molar-refractivity contribution in [3.05, 3.63) is 59.9 Å². The molecule has 2 unspecified atom stereocenters. The van der Waals surface area contributed by atoms with Crippen LogP contribution in [0.1, 0.15) is 44.8 Å². The Kier molecular flexibility index (Phi) is 7.72. The molecule has 2 aliphatic heterocycles. The van der Waals surface area contributed by atoms with E-state index < -0.39 is 11.6 Å². The Morgan fingerprint density at radius 2 is 1.90 bits per heavy atom. The van der Waals surface area contributed by atoms with Gasteiger partial charge >= 0.3 is 0 Å². The molecule has 0 amide bonds. The topological polar surface area (TPSA) is 75.4 Å². The van der Waals surface area contributed by atoms with E-state index in [9.17, 15) is 9.50 Å². The zero-order valence-electron chi connectivity index (χ0n) is 24.5. The monoisotopic (exact) mass is 573 g/mol. The number of nitrogens with one attached hydrogen (secondary N) is 1. The van der Waals surface area contributed by atoms with Gasteiger partial charge in [0.15, 0.2) is 5.82 Å². The lowest BCUT2D eigenvalue weighted by molar-refractivity contribution is 0.195. The molecule has 7 nitrogen and oxygen atoms in total. The first-order chi connectivity index (χ1) is 20.4. The zero-order chi connectivity index (χ0) is 29.5. The van der Waals surface area contributed by atoms with Gasteiger partial charge in [0.2, 0.25) is 5.88 Å². The van der Waals surface area contributed by atoms with Crippen LogP contribution in [-0.4, -0.2) is 63.9 Å². The second kappa shape index (κ2) is 11.5.